The topological polar surface area (TPSA) is 177 Å². The number of phenols is 1. The third kappa shape index (κ3) is 3.36. The van der Waals surface area contributed by atoms with Gasteiger partial charge in [0.1, 0.15) is 22.8 Å². The maximum Gasteiger partial charge on any atom is 0.262 e. The third-order valence-corrected chi connectivity index (χ3v) is 8.46. The predicted octanol–water partition coefficient (Wildman–Crippen LogP) is 0.124. The van der Waals surface area contributed by atoms with Crippen molar-refractivity contribution in [2.24, 2.45) is 22.5 Å². The van der Waals surface area contributed by atoms with E-state index >= 15 is 0 Å². The molecule has 1 aromatic rings. The van der Waals surface area contributed by atoms with Crippen molar-refractivity contribution in [3.05, 3.63) is 45.4 Å². The number of allylic oxidation sites excluding steroid dienone is 1. The van der Waals surface area contributed by atoms with E-state index in [0.717, 1.165) is 5.69 Å². The van der Waals surface area contributed by atoms with E-state index in [4.69, 9.17) is 5.73 Å². The first-order valence-corrected chi connectivity index (χ1v) is 12.5. The molecular formula is C26H31BN4O7. The lowest BCUT2D eigenvalue weighted by Crippen LogP contribution is -2.63. The number of fused-ring (bicyclic) bond motifs is 3. The zero-order valence-corrected chi connectivity index (χ0v) is 21.7. The average molecular weight is 522 g/mol. The van der Waals surface area contributed by atoms with E-state index in [1.54, 1.807) is 20.3 Å². The van der Waals surface area contributed by atoms with Crippen molar-refractivity contribution >= 4 is 36.8 Å². The molecule has 38 heavy (non-hydrogen) atoms. The van der Waals surface area contributed by atoms with Gasteiger partial charge in [-0.25, -0.2) is 0 Å². The highest BCUT2D eigenvalue weighted by Gasteiger charge is 2.63. The zero-order valence-electron chi connectivity index (χ0n) is 21.7. The smallest absolute Gasteiger partial charge is 0.262 e. The number of rotatable bonds is 4. The minimum atomic E-state index is -2.65. The van der Waals surface area contributed by atoms with Crippen molar-refractivity contribution in [3.8, 4) is 5.75 Å². The van der Waals surface area contributed by atoms with Crippen LogP contribution in [0.1, 0.15) is 33.8 Å². The van der Waals surface area contributed by atoms with Gasteiger partial charge >= 0.3 is 0 Å². The first-order valence-electron chi connectivity index (χ1n) is 12.5. The van der Waals surface area contributed by atoms with Crippen molar-refractivity contribution < 1.29 is 34.8 Å². The number of aromatic hydroxyl groups is 1. The number of ketones is 2. The number of likely N-dealkylation sites (N-methyl/N-ethyl adjacent to an activating group) is 1. The molecule has 1 aliphatic heterocycles. The number of benzene rings is 1. The number of carbonyl (C=O) groups is 3. The van der Waals surface area contributed by atoms with Crippen LogP contribution < -0.4 is 10.6 Å². The molecule has 1 aromatic carbocycles. The first-order chi connectivity index (χ1) is 17.8. The molecule has 0 spiro atoms. The highest BCUT2D eigenvalue weighted by Crippen LogP contribution is 2.54. The van der Waals surface area contributed by atoms with Gasteiger partial charge in [0.25, 0.3) is 13.3 Å². The van der Waals surface area contributed by atoms with Gasteiger partial charge in [0, 0.05) is 42.8 Å². The lowest BCUT2D eigenvalue weighted by molar-refractivity contribution is -0.148. The zero-order chi connectivity index (χ0) is 27.8. The molecule has 1 heterocycles. The Balaban J connectivity index is 1.74. The molecule has 4 aliphatic rings. The number of aliphatic hydroxyl groups is 3. The molecule has 6 N–H and O–H groups in total. The van der Waals surface area contributed by atoms with Crippen molar-refractivity contribution in [2.75, 3.05) is 33.1 Å². The summed E-state index contributed by atoms with van der Waals surface area (Å²) in [6.45, 7) is 0. The molecule has 200 valence electrons. The van der Waals surface area contributed by atoms with Crippen LogP contribution in [0.2, 0.25) is 6.32 Å². The lowest BCUT2D eigenvalue weighted by Gasteiger charge is -2.50. The molecule has 0 bridgehead atoms. The number of nitrogens with two attached hydrogens (primary N) is 1. The molecule has 0 saturated heterocycles. The number of primary amides is 1. The summed E-state index contributed by atoms with van der Waals surface area (Å²) in [4.78, 5) is 47.2. The van der Waals surface area contributed by atoms with E-state index < -0.39 is 58.0 Å². The van der Waals surface area contributed by atoms with E-state index in [9.17, 15) is 34.8 Å². The van der Waals surface area contributed by atoms with Crippen molar-refractivity contribution in [1.29, 1.82) is 0 Å². The fraction of sp³-hybridized carbons (Fsp3) is 0.462. The summed E-state index contributed by atoms with van der Waals surface area (Å²) in [7, 11) is 7.48. The van der Waals surface area contributed by atoms with Crippen LogP contribution in [0.4, 0.5) is 5.69 Å². The number of hydrogen-bond donors (Lipinski definition) is 5. The molecule has 2 unspecified atom stereocenters. The highest BCUT2D eigenvalue weighted by molar-refractivity contribution is 6.38. The molecule has 3 aliphatic carbocycles. The van der Waals surface area contributed by atoms with Crippen LogP contribution in [0.25, 0.3) is 0 Å². The Morgan fingerprint density at radius 2 is 1.87 bits per heavy atom. The monoisotopic (exact) mass is 522 g/mol. The Hall–Kier alpha value is -3.64. The van der Waals surface area contributed by atoms with E-state index in [0.29, 0.717) is 24.9 Å². The summed E-state index contributed by atoms with van der Waals surface area (Å²) in [5.74, 6) is -6.70. The van der Waals surface area contributed by atoms with Gasteiger partial charge in [0.05, 0.1) is 11.6 Å². The molecule has 0 radical (unpaired) electrons. The SMILES string of the molecule is CN(C)c1cc(C2C=NBC2)c(O)c2c1C[C@H]1CC3[C@H](N(C)C)C(O)=C(C(N)=O)C(=O)[C@@]3(O)C(O)=C1C2=O. The Morgan fingerprint density at radius 1 is 1.18 bits per heavy atom. The molecule has 1 amide bonds. The van der Waals surface area contributed by atoms with Crippen LogP contribution in [-0.4, -0.2) is 96.3 Å². The predicted molar refractivity (Wildman–Crippen MR) is 141 cm³/mol. The Morgan fingerprint density at radius 3 is 2.42 bits per heavy atom. The van der Waals surface area contributed by atoms with E-state index in [2.05, 4.69) is 4.90 Å². The summed E-state index contributed by atoms with van der Waals surface area (Å²) in [6.07, 6.45) is 2.72. The molecule has 12 heteroatoms. The maximum absolute atomic E-state index is 14.0. The lowest BCUT2D eigenvalue weighted by atomic mass is 9.58. The van der Waals surface area contributed by atoms with Crippen molar-refractivity contribution in [3.63, 3.8) is 0 Å². The van der Waals surface area contributed by atoms with Crippen LogP contribution in [0.3, 0.4) is 0 Å². The standard InChI is InChI=1S/C26H31BN4O7/c1-30(2)15-7-12(11-8-27-29-9-11)20(32)17-13(15)5-10-6-14-19(31(3)4)22(34)18(25(28)37)24(36)26(14,38)23(35)16(10)21(17)33/h7,9-11,14,19,27,32,34-35,38H,5-6,8H2,1-4H3,(H2,28,37)/t10-,11?,14?,19-,26-/m0/s1. The molecule has 0 fully saturated rings. The summed E-state index contributed by atoms with van der Waals surface area (Å²) < 4.78 is 0. The van der Waals surface area contributed by atoms with Gasteiger partial charge in [-0.05, 0) is 57.0 Å². The van der Waals surface area contributed by atoms with E-state index in [1.807, 2.05) is 25.1 Å². The largest absolute Gasteiger partial charge is 0.510 e. The second-order valence-electron chi connectivity index (χ2n) is 11.0. The number of amides is 1. The van der Waals surface area contributed by atoms with Crippen molar-refractivity contribution in [1.82, 2.24) is 4.90 Å². The van der Waals surface area contributed by atoms with Gasteiger partial charge < -0.3 is 36.0 Å². The fourth-order valence-corrected chi connectivity index (χ4v) is 6.73. The number of anilines is 1. The molecule has 5 atom stereocenters. The number of carbonyl (C=O) groups excluding carboxylic acids is 3. The van der Waals surface area contributed by atoms with Crippen LogP contribution >= 0.6 is 0 Å². The first kappa shape index (κ1) is 26.0. The molecular weight excluding hydrogens is 491 g/mol. The quantitative estimate of drug-likeness (QED) is 0.272. The van der Waals surface area contributed by atoms with Gasteiger partial charge in [-0.1, -0.05) is 0 Å². The normalized spacial score (nSPS) is 30.3. The number of phenolic OH excluding ortho intramolecular Hbond substituents is 1. The minimum absolute atomic E-state index is 0.0206. The second-order valence-corrected chi connectivity index (χ2v) is 11.0. The fourth-order valence-electron chi connectivity index (χ4n) is 6.73. The number of nitrogens with zero attached hydrogens (tertiary/aromatic N) is 3. The molecule has 11 nitrogen and oxygen atoms in total. The minimum Gasteiger partial charge on any atom is -0.510 e. The summed E-state index contributed by atoms with van der Waals surface area (Å²) >= 11 is 0. The van der Waals surface area contributed by atoms with Gasteiger partial charge in [-0.2, -0.15) is 0 Å². The van der Waals surface area contributed by atoms with Crippen molar-refractivity contribution in [2.45, 2.75) is 36.7 Å². The third-order valence-electron chi connectivity index (χ3n) is 8.46. The van der Waals surface area contributed by atoms with Gasteiger partial charge in [-0.3, -0.25) is 19.3 Å². The van der Waals surface area contributed by atoms with Gasteiger partial charge in [0.2, 0.25) is 5.78 Å². The highest BCUT2D eigenvalue weighted by atomic mass is 16.3. The molecule has 5 rings (SSSR count). The van der Waals surface area contributed by atoms with Gasteiger partial charge in [0.15, 0.2) is 11.4 Å². The molecule has 0 aromatic heterocycles. The van der Waals surface area contributed by atoms with E-state index in [-0.39, 0.29) is 35.6 Å². The van der Waals surface area contributed by atoms with Crippen LogP contribution in [-0.2, 0) is 16.0 Å². The van der Waals surface area contributed by atoms with Crippen LogP contribution in [0, 0.1) is 11.8 Å². The van der Waals surface area contributed by atoms with E-state index in [1.165, 1.54) is 4.90 Å². The Kier molecular flexibility index (Phi) is 5.95. The Labute approximate surface area is 220 Å². The summed E-state index contributed by atoms with van der Waals surface area (Å²) in [6, 6.07) is 0.837. The Bertz CT molecular complexity index is 1380. The number of Topliss-reactive ketones (excluding diaryl/α,β-unsaturated/α-hetero) is 2. The number of aliphatic hydroxyl groups excluding tert-OH is 2. The average Bonchev–Trinajstić information content (AvgIpc) is 3.35. The van der Waals surface area contributed by atoms with Crippen LogP contribution in [0.15, 0.2) is 33.6 Å². The molecule has 0 saturated carbocycles. The maximum atomic E-state index is 14.0. The second kappa shape index (κ2) is 8.70. The van der Waals surface area contributed by atoms with Gasteiger partial charge in [-0.15, -0.1) is 0 Å². The number of hydrogen-bond acceptors (Lipinski definition) is 10. The van der Waals surface area contributed by atoms with Crippen LogP contribution in [0.5, 0.6) is 5.75 Å². The summed E-state index contributed by atoms with van der Waals surface area (Å²) in [5, 5.41) is 45.4. The summed E-state index contributed by atoms with van der Waals surface area (Å²) in [5.41, 5.74) is 3.64.